The normalized spacial score (nSPS) is 30.6. The summed E-state index contributed by atoms with van der Waals surface area (Å²) in [5.74, 6) is 0.685. The lowest BCUT2D eigenvalue weighted by atomic mass is 9.70. The Morgan fingerprint density at radius 2 is 1.89 bits per heavy atom. The van der Waals surface area contributed by atoms with Crippen molar-refractivity contribution in [2.45, 2.75) is 44.9 Å². The molecule has 0 aliphatic heterocycles. The van der Waals surface area contributed by atoms with Crippen molar-refractivity contribution in [1.82, 2.24) is 9.78 Å². The molecule has 1 heterocycles. The van der Waals surface area contributed by atoms with E-state index in [1.807, 2.05) is 0 Å². The molecule has 2 heteroatoms. The van der Waals surface area contributed by atoms with Gasteiger partial charge in [0, 0.05) is 11.6 Å². The fourth-order valence-electron chi connectivity index (χ4n) is 4.25. The zero-order chi connectivity index (χ0) is 13.3. The van der Waals surface area contributed by atoms with Crippen LogP contribution in [0.4, 0.5) is 0 Å². The Kier molecular flexibility index (Phi) is 1.96. The van der Waals surface area contributed by atoms with Gasteiger partial charge in [-0.25, -0.2) is 4.68 Å². The maximum atomic E-state index is 4.93. The highest BCUT2D eigenvalue weighted by atomic mass is 15.3. The Balaban J connectivity index is 1.88. The molecule has 0 amide bonds. The first-order chi connectivity index (χ1) is 9.04. The topological polar surface area (TPSA) is 17.8 Å². The Morgan fingerprint density at radius 3 is 2.58 bits per heavy atom. The van der Waals surface area contributed by atoms with E-state index in [2.05, 4.69) is 62.0 Å². The molecule has 0 saturated heterocycles. The number of aromatic nitrogens is 2. The van der Waals surface area contributed by atoms with Gasteiger partial charge in [0.15, 0.2) is 0 Å². The van der Waals surface area contributed by atoms with Crippen LogP contribution in [0, 0.1) is 5.41 Å². The summed E-state index contributed by atoms with van der Waals surface area (Å²) in [4.78, 5) is 0. The average molecular weight is 252 g/mol. The Labute approximate surface area is 114 Å². The Bertz CT molecular complexity index is 639. The maximum Gasteiger partial charge on any atom is 0.0728 e. The van der Waals surface area contributed by atoms with E-state index in [1.54, 1.807) is 0 Å². The van der Waals surface area contributed by atoms with Crippen molar-refractivity contribution in [2.75, 3.05) is 0 Å². The third kappa shape index (κ3) is 1.20. The predicted octanol–water partition coefficient (Wildman–Crippen LogP) is 4.05. The molecule has 19 heavy (non-hydrogen) atoms. The minimum absolute atomic E-state index is 0.257. The molecule has 1 aromatic heterocycles. The van der Waals surface area contributed by atoms with Gasteiger partial charge in [0.25, 0.3) is 0 Å². The van der Waals surface area contributed by atoms with Gasteiger partial charge in [-0.2, -0.15) is 5.10 Å². The molecule has 2 aromatic rings. The largest absolute Gasteiger partial charge is 0.240 e. The van der Waals surface area contributed by atoms with Gasteiger partial charge in [0.2, 0.25) is 0 Å². The SMILES string of the molecule is CC1(C)[C@@H]2CC[C@@]1(C)c1nn(-c3ccccc3)cc12. The molecule has 1 aromatic carbocycles. The van der Waals surface area contributed by atoms with Gasteiger partial charge in [0.05, 0.1) is 11.4 Å². The maximum absolute atomic E-state index is 4.93. The fraction of sp³-hybridized carbons (Fsp3) is 0.471. The standard InChI is InChI=1S/C17H20N2/c1-16(2)14-9-10-17(16,3)15-13(14)11-19(18-15)12-7-5-4-6-8-12/h4-8,11,14H,9-10H2,1-3H3/t14-,17+/m1/s1. The van der Waals surface area contributed by atoms with E-state index in [-0.39, 0.29) is 5.41 Å². The summed E-state index contributed by atoms with van der Waals surface area (Å²) in [5.41, 5.74) is 4.62. The summed E-state index contributed by atoms with van der Waals surface area (Å²) >= 11 is 0. The van der Waals surface area contributed by atoms with Gasteiger partial charge in [-0.05, 0) is 41.9 Å². The molecule has 2 bridgehead atoms. The third-order valence-electron chi connectivity index (χ3n) is 5.89. The van der Waals surface area contributed by atoms with Crippen molar-refractivity contribution in [3.05, 3.63) is 47.8 Å². The van der Waals surface area contributed by atoms with E-state index in [9.17, 15) is 0 Å². The lowest BCUT2D eigenvalue weighted by Gasteiger charge is -2.34. The van der Waals surface area contributed by atoms with Crippen LogP contribution in [0.1, 0.15) is 50.8 Å². The first-order valence-corrected chi connectivity index (χ1v) is 7.19. The number of para-hydroxylation sites is 1. The highest BCUT2D eigenvalue weighted by molar-refractivity contribution is 5.46. The smallest absolute Gasteiger partial charge is 0.0728 e. The van der Waals surface area contributed by atoms with E-state index in [1.165, 1.54) is 24.1 Å². The second kappa shape index (κ2) is 3.30. The number of rotatable bonds is 1. The molecule has 2 aliphatic rings. The van der Waals surface area contributed by atoms with Crippen LogP contribution in [0.25, 0.3) is 5.69 Å². The molecule has 2 atom stereocenters. The number of nitrogens with zero attached hydrogens (tertiary/aromatic N) is 2. The Hall–Kier alpha value is -1.57. The molecule has 0 radical (unpaired) electrons. The molecule has 0 unspecified atom stereocenters. The number of hydrogen-bond acceptors (Lipinski definition) is 1. The summed E-state index contributed by atoms with van der Waals surface area (Å²) < 4.78 is 2.07. The highest BCUT2D eigenvalue weighted by Crippen LogP contribution is 2.67. The van der Waals surface area contributed by atoms with Crippen LogP contribution in [-0.2, 0) is 5.41 Å². The highest BCUT2D eigenvalue weighted by Gasteiger charge is 2.61. The summed E-state index contributed by atoms with van der Waals surface area (Å²) in [6, 6.07) is 10.4. The van der Waals surface area contributed by atoms with Crippen molar-refractivity contribution < 1.29 is 0 Å². The van der Waals surface area contributed by atoms with Crippen LogP contribution in [0.15, 0.2) is 36.5 Å². The van der Waals surface area contributed by atoms with Gasteiger partial charge in [0.1, 0.15) is 0 Å². The lowest BCUT2D eigenvalue weighted by molar-refractivity contribution is 0.224. The first-order valence-electron chi connectivity index (χ1n) is 7.19. The second-order valence-electron chi connectivity index (χ2n) is 6.86. The van der Waals surface area contributed by atoms with Crippen LogP contribution in [0.5, 0.6) is 0 Å². The number of benzene rings is 1. The van der Waals surface area contributed by atoms with Crippen LogP contribution in [0.3, 0.4) is 0 Å². The summed E-state index contributed by atoms with van der Waals surface area (Å²) in [6.07, 6.45) is 4.86. The summed E-state index contributed by atoms with van der Waals surface area (Å²) in [5, 5.41) is 4.93. The molecule has 1 fully saturated rings. The third-order valence-corrected chi connectivity index (χ3v) is 5.89. The van der Waals surface area contributed by atoms with E-state index in [0.717, 1.165) is 5.69 Å². The van der Waals surface area contributed by atoms with Crippen molar-refractivity contribution in [3.8, 4) is 5.69 Å². The van der Waals surface area contributed by atoms with Crippen LogP contribution in [-0.4, -0.2) is 9.78 Å². The van der Waals surface area contributed by atoms with E-state index in [4.69, 9.17) is 5.10 Å². The minimum Gasteiger partial charge on any atom is -0.240 e. The zero-order valence-electron chi connectivity index (χ0n) is 11.9. The van der Waals surface area contributed by atoms with Crippen LogP contribution < -0.4 is 0 Å². The fourth-order valence-corrected chi connectivity index (χ4v) is 4.25. The molecule has 4 rings (SSSR count). The van der Waals surface area contributed by atoms with Crippen molar-refractivity contribution in [2.24, 2.45) is 5.41 Å². The Morgan fingerprint density at radius 1 is 1.16 bits per heavy atom. The predicted molar refractivity (Wildman–Crippen MR) is 76.7 cm³/mol. The molecule has 2 nitrogen and oxygen atoms in total. The van der Waals surface area contributed by atoms with Crippen molar-refractivity contribution >= 4 is 0 Å². The minimum atomic E-state index is 0.257. The van der Waals surface area contributed by atoms with E-state index >= 15 is 0 Å². The summed E-state index contributed by atoms with van der Waals surface area (Å²) in [6.45, 7) is 7.24. The van der Waals surface area contributed by atoms with Crippen LogP contribution >= 0.6 is 0 Å². The van der Waals surface area contributed by atoms with Gasteiger partial charge in [-0.1, -0.05) is 39.0 Å². The van der Waals surface area contributed by atoms with Crippen molar-refractivity contribution in [3.63, 3.8) is 0 Å². The van der Waals surface area contributed by atoms with E-state index in [0.29, 0.717) is 11.3 Å². The van der Waals surface area contributed by atoms with Gasteiger partial charge in [-0.3, -0.25) is 0 Å². The zero-order valence-corrected chi connectivity index (χ0v) is 11.9. The average Bonchev–Trinajstić information content (AvgIpc) is 2.97. The van der Waals surface area contributed by atoms with E-state index < -0.39 is 0 Å². The van der Waals surface area contributed by atoms with Gasteiger partial charge < -0.3 is 0 Å². The molecule has 1 saturated carbocycles. The van der Waals surface area contributed by atoms with Gasteiger partial charge in [-0.15, -0.1) is 0 Å². The molecule has 0 spiro atoms. The summed E-state index contributed by atoms with van der Waals surface area (Å²) in [7, 11) is 0. The molecular weight excluding hydrogens is 232 g/mol. The van der Waals surface area contributed by atoms with Gasteiger partial charge >= 0.3 is 0 Å². The molecular formula is C17H20N2. The first kappa shape index (κ1) is 11.3. The number of hydrogen-bond donors (Lipinski definition) is 0. The number of fused-ring (bicyclic) bond motifs is 5. The van der Waals surface area contributed by atoms with Crippen molar-refractivity contribution in [1.29, 1.82) is 0 Å². The molecule has 98 valence electrons. The quantitative estimate of drug-likeness (QED) is 0.748. The second-order valence-corrected chi connectivity index (χ2v) is 6.86. The molecule has 2 aliphatic carbocycles. The monoisotopic (exact) mass is 252 g/mol. The molecule has 0 N–H and O–H groups in total. The van der Waals surface area contributed by atoms with Crippen LogP contribution in [0.2, 0.25) is 0 Å². The lowest BCUT2D eigenvalue weighted by Crippen LogP contribution is -2.32.